The zero-order valence-corrected chi connectivity index (χ0v) is 15.8. The molecule has 0 amide bonds. The molecule has 0 aliphatic carbocycles. The number of benzene rings is 2. The molecule has 26 heavy (non-hydrogen) atoms. The summed E-state index contributed by atoms with van der Waals surface area (Å²) in [7, 11) is 2.08. The van der Waals surface area contributed by atoms with E-state index in [1.807, 2.05) is 13.0 Å². The highest BCUT2D eigenvalue weighted by Gasteiger charge is 2.23. The first-order valence-corrected chi connectivity index (χ1v) is 8.73. The minimum absolute atomic E-state index is 0.604. The van der Waals surface area contributed by atoms with Crippen LogP contribution in [0.2, 0.25) is 0 Å². The fraction of sp³-hybridized carbons (Fsp3) is 0.217. The first kappa shape index (κ1) is 16.4. The van der Waals surface area contributed by atoms with Gasteiger partial charge in [0.2, 0.25) is 11.4 Å². The zero-order chi connectivity index (χ0) is 18.6. The van der Waals surface area contributed by atoms with Crippen molar-refractivity contribution in [1.82, 2.24) is 0 Å². The van der Waals surface area contributed by atoms with Crippen molar-refractivity contribution in [3.8, 4) is 11.3 Å². The van der Waals surface area contributed by atoms with Gasteiger partial charge in [0.25, 0.3) is 0 Å². The topological polar surface area (TPSA) is 21.4 Å². The number of aromatic nitrogens is 1. The van der Waals surface area contributed by atoms with Crippen LogP contribution in [0.5, 0.6) is 0 Å². The molecule has 0 atom stereocenters. The van der Waals surface area contributed by atoms with E-state index in [4.69, 9.17) is 11.0 Å². The Labute approximate surface area is 153 Å². The lowest BCUT2D eigenvalue weighted by Gasteiger charge is -2.08. The van der Waals surface area contributed by atoms with Crippen molar-refractivity contribution in [2.45, 2.75) is 27.7 Å². The number of pyridine rings is 1. The predicted molar refractivity (Wildman–Crippen MR) is 106 cm³/mol. The lowest BCUT2D eigenvalue weighted by Crippen LogP contribution is -2.35. The Morgan fingerprint density at radius 3 is 2.23 bits per heavy atom. The first-order valence-electron chi connectivity index (χ1n) is 8.73. The fourth-order valence-corrected chi connectivity index (χ4v) is 3.75. The van der Waals surface area contributed by atoms with Gasteiger partial charge < -0.3 is 4.42 Å². The third kappa shape index (κ3) is 2.23. The molecule has 3 heteroatoms. The second-order valence-electron chi connectivity index (χ2n) is 7.07. The molecule has 4 aromatic rings. The van der Waals surface area contributed by atoms with Crippen molar-refractivity contribution in [1.29, 1.82) is 0 Å². The number of hydrogen-bond acceptors (Lipinski definition) is 1. The molecule has 0 saturated carbocycles. The fourth-order valence-electron chi connectivity index (χ4n) is 3.75. The third-order valence-electron chi connectivity index (χ3n) is 5.25. The van der Waals surface area contributed by atoms with E-state index in [1.54, 1.807) is 0 Å². The Bertz CT molecular complexity index is 1240. The minimum Gasteiger partial charge on any atom is -0.466 e. The summed E-state index contributed by atoms with van der Waals surface area (Å²) in [6, 6.07) is 12.7. The van der Waals surface area contributed by atoms with Gasteiger partial charge >= 0.3 is 0 Å². The SMILES string of the molecule is [C-]#[N+]c1c(C)ccc2c1oc1c(-c3cc(C)cc(C)[n+]3C)c(C)ccc12. The Kier molecular flexibility index (Phi) is 3.59. The molecule has 0 fully saturated rings. The van der Waals surface area contributed by atoms with Gasteiger partial charge in [-0.15, -0.1) is 0 Å². The summed E-state index contributed by atoms with van der Waals surface area (Å²) >= 11 is 0. The lowest BCUT2D eigenvalue weighted by molar-refractivity contribution is -0.666. The summed E-state index contributed by atoms with van der Waals surface area (Å²) in [6.45, 7) is 15.8. The molecule has 0 spiro atoms. The van der Waals surface area contributed by atoms with Crippen molar-refractivity contribution in [2.75, 3.05) is 0 Å². The van der Waals surface area contributed by atoms with Crippen molar-refractivity contribution in [3.63, 3.8) is 0 Å². The normalized spacial score (nSPS) is 11.2. The van der Waals surface area contributed by atoms with Crippen molar-refractivity contribution in [2.24, 2.45) is 7.05 Å². The number of furan rings is 1. The van der Waals surface area contributed by atoms with Gasteiger partial charge in [0.05, 0.1) is 12.1 Å². The Morgan fingerprint density at radius 1 is 0.885 bits per heavy atom. The average Bonchev–Trinajstić information content (AvgIpc) is 2.96. The highest BCUT2D eigenvalue weighted by Crippen LogP contribution is 2.41. The first-order chi connectivity index (χ1) is 12.4. The van der Waals surface area contributed by atoms with Crippen molar-refractivity contribution >= 4 is 27.6 Å². The van der Waals surface area contributed by atoms with Gasteiger partial charge in [-0.1, -0.05) is 24.3 Å². The number of nitrogens with zero attached hydrogens (tertiary/aromatic N) is 2. The lowest BCUT2D eigenvalue weighted by atomic mass is 9.99. The van der Waals surface area contributed by atoms with E-state index >= 15 is 0 Å². The molecule has 0 bridgehead atoms. The van der Waals surface area contributed by atoms with Crippen LogP contribution in [0.3, 0.4) is 0 Å². The molecule has 0 aliphatic rings. The summed E-state index contributed by atoms with van der Waals surface area (Å²) in [5.74, 6) is 0. The van der Waals surface area contributed by atoms with Gasteiger partial charge in [0.1, 0.15) is 18.2 Å². The van der Waals surface area contributed by atoms with Gasteiger partial charge in [-0.25, -0.2) is 4.85 Å². The molecule has 0 aliphatic heterocycles. The second kappa shape index (κ2) is 5.71. The van der Waals surface area contributed by atoms with Crippen LogP contribution in [-0.2, 0) is 7.05 Å². The highest BCUT2D eigenvalue weighted by molar-refractivity contribution is 6.13. The van der Waals surface area contributed by atoms with Gasteiger partial charge in [-0.3, -0.25) is 0 Å². The van der Waals surface area contributed by atoms with E-state index in [0.29, 0.717) is 11.3 Å². The molecule has 0 radical (unpaired) electrons. The number of rotatable bonds is 1. The molecule has 0 unspecified atom stereocenters. The second-order valence-corrected chi connectivity index (χ2v) is 7.07. The maximum absolute atomic E-state index is 7.55. The van der Waals surface area contributed by atoms with E-state index in [-0.39, 0.29) is 0 Å². The van der Waals surface area contributed by atoms with Crippen LogP contribution in [-0.4, -0.2) is 0 Å². The molecule has 4 rings (SSSR count). The quantitative estimate of drug-likeness (QED) is 0.314. The van der Waals surface area contributed by atoms with Gasteiger partial charge in [-0.05, 0) is 37.5 Å². The van der Waals surface area contributed by atoms with E-state index in [0.717, 1.165) is 33.2 Å². The Hall–Kier alpha value is -3.12. The zero-order valence-electron chi connectivity index (χ0n) is 15.8. The smallest absolute Gasteiger partial charge is 0.232 e. The predicted octanol–water partition coefficient (Wildman–Crippen LogP) is 5.86. The third-order valence-corrected chi connectivity index (χ3v) is 5.25. The van der Waals surface area contributed by atoms with Crippen LogP contribution in [0.4, 0.5) is 5.69 Å². The van der Waals surface area contributed by atoms with Crippen LogP contribution in [0.15, 0.2) is 40.8 Å². The summed E-state index contributed by atoms with van der Waals surface area (Å²) in [5.41, 5.74) is 8.91. The number of hydrogen-bond donors (Lipinski definition) is 0. The maximum Gasteiger partial charge on any atom is 0.232 e. The monoisotopic (exact) mass is 341 g/mol. The molecule has 0 N–H and O–H groups in total. The van der Waals surface area contributed by atoms with Crippen molar-refractivity contribution in [3.05, 3.63) is 70.2 Å². The maximum atomic E-state index is 7.55. The molecular weight excluding hydrogens is 320 g/mol. The molecule has 2 aromatic carbocycles. The summed E-state index contributed by atoms with van der Waals surface area (Å²) in [6.07, 6.45) is 0. The van der Waals surface area contributed by atoms with Crippen LogP contribution >= 0.6 is 0 Å². The Balaban J connectivity index is 2.20. The van der Waals surface area contributed by atoms with Gasteiger partial charge in [0.15, 0.2) is 5.69 Å². The highest BCUT2D eigenvalue weighted by atomic mass is 16.3. The van der Waals surface area contributed by atoms with Crippen LogP contribution in [0.1, 0.15) is 22.4 Å². The van der Waals surface area contributed by atoms with E-state index < -0.39 is 0 Å². The summed E-state index contributed by atoms with van der Waals surface area (Å²) in [5, 5.41) is 2.06. The van der Waals surface area contributed by atoms with Crippen molar-refractivity contribution < 1.29 is 8.98 Å². The average molecular weight is 341 g/mol. The molecule has 3 nitrogen and oxygen atoms in total. The number of aryl methyl sites for hydroxylation is 4. The van der Waals surface area contributed by atoms with Crippen LogP contribution < -0.4 is 4.57 Å². The molecule has 2 heterocycles. The molecular formula is C23H21N2O+. The van der Waals surface area contributed by atoms with E-state index in [2.05, 4.69) is 67.6 Å². The summed E-state index contributed by atoms with van der Waals surface area (Å²) in [4.78, 5) is 3.72. The van der Waals surface area contributed by atoms with Gasteiger partial charge in [-0.2, -0.15) is 4.57 Å². The largest absolute Gasteiger partial charge is 0.466 e. The minimum atomic E-state index is 0.604. The summed E-state index contributed by atoms with van der Waals surface area (Å²) < 4.78 is 8.53. The van der Waals surface area contributed by atoms with Gasteiger partial charge in [0, 0.05) is 29.8 Å². The molecule has 2 aromatic heterocycles. The molecule has 0 saturated heterocycles. The van der Waals surface area contributed by atoms with Crippen LogP contribution in [0, 0.1) is 34.3 Å². The van der Waals surface area contributed by atoms with Crippen LogP contribution in [0.25, 0.3) is 38.0 Å². The number of fused-ring (bicyclic) bond motifs is 3. The van der Waals surface area contributed by atoms with E-state index in [1.165, 1.54) is 16.8 Å². The molecule has 128 valence electrons. The standard InChI is InChI=1S/C23H21N2O/c1-13-11-16(4)25(6)19(12-13)20-14(2)7-9-17-18-10-8-15(3)21(24-5)23(18)26-22(17)20/h7-12H,1-4,6H3/q+1. The Morgan fingerprint density at radius 2 is 1.54 bits per heavy atom. The van der Waals surface area contributed by atoms with E-state index in [9.17, 15) is 0 Å².